The molecule has 0 atom stereocenters. The fraction of sp³-hybridized carbons (Fsp3) is 0.0625. The smallest absolute Gasteiger partial charge is 0.182 e. The first-order valence-corrected chi connectivity index (χ1v) is 8.96. The Morgan fingerprint density at radius 3 is 2.78 bits per heavy atom. The number of Topliss-reactive ketones (excluding diaryl/α,β-unsaturated/α-hetero) is 1. The quantitative estimate of drug-likeness (QED) is 0.239. The van der Waals surface area contributed by atoms with Crippen LogP contribution >= 0.6 is 31.9 Å². The molecule has 0 bridgehead atoms. The van der Waals surface area contributed by atoms with Gasteiger partial charge < -0.3 is 0 Å². The van der Waals surface area contributed by atoms with Crippen molar-refractivity contribution in [3.8, 4) is 0 Å². The van der Waals surface area contributed by atoms with Crippen LogP contribution in [0, 0.1) is 5.82 Å². The summed E-state index contributed by atoms with van der Waals surface area (Å²) >= 11 is 6.31. The summed E-state index contributed by atoms with van der Waals surface area (Å²) in [5.74, 6) is -0.836. The molecule has 8 nitrogen and oxygen atoms in total. The predicted octanol–water partition coefficient (Wildman–Crippen LogP) is 3.61. The monoisotopic (exact) mass is 497 g/mol. The summed E-state index contributed by atoms with van der Waals surface area (Å²) < 4.78 is 18.9. The Hall–Kier alpha value is -2.50. The van der Waals surface area contributed by atoms with Crippen LogP contribution in [0.1, 0.15) is 21.7 Å². The van der Waals surface area contributed by atoms with E-state index in [-0.39, 0.29) is 33.9 Å². The molecule has 0 saturated carbocycles. The van der Waals surface area contributed by atoms with Gasteiger partial charge in [0.1, 0.15) is 11.5 Å². The first kappa shape index (κ1) is 19.3. The molecule has 0 amide bonds. The topological polar surface area (TPSA) is 114 Å². The number of aromatic nitrogens is 3. The minimum absolute atomic E-state index is 0.0502. The number of benzene rings is 1. The van der Waals surface area contributed by atoms with Crippen molar-refractivity contribution in [3.63, 3.8) is 0 Å². The molecule has 0 unspecified atom stereocenters. The first-order chi connectivity index (χ1) is 13.0. The number of carbonyl (C=O) groups is 1. The molecule has 0 saturated heterocycles. The average Bonchev–Trinajstić information content (AvgIpc) is 3.10. The zero-order valence-corrected chi connectivity index (χ0v) is 16.5. The van der Waals surface area contributed by atoms with Crippen LogP contribution in [0.15, 0.2) is 55.2 Å². The number of aliphatic imine (C=N–C) groups is 1. The Morgan fingerprint density at radius 2 is 2.07 bits per heavy atom. The second-order valence-corrected chi connectivity index (χ2v) is 6.99. The highest BCUT2D eigenvalue weighted by molar-refractivity contribution is 9.10. The molecule has 2 N–H and O–H groups in total. The minimum Gasteiger partial charge on any atom is -0.294 e. The third-order valence-electron chi connectivity index (χ3n) is 3.39. The SMILES string of the molecule is O=C(Cc1nonc1C(=Nc1ccc(F)c(Br)c1)NO)c1cncc(Br)c1. The highest BCUT2D eigenvalue weighted by Gasteiger charge is 2.20. The number of carbonyl (C=O) groups excluding carboxylic acids is 1. The number of ketones is 1. The van der Waals surface area contributed by atoms with Gasteiger partial charge in [-0.1, -0.05) is 5.16 Å². The van der Waals surface area contributed by atoms with Crippen molar-refractivity contribution >= 4 is 49.2 Å². The minimum atomic E-state index is -0.454. The van der Waals surface area contributed by atoms with Gasteiger partial charge in [0, 0.05) is 22.4 Å². The van der Waals surface area contributed by atoms with Crippen molar-refractivity contribution in [2.75, 3.05) is 0 Å². The standard InChI is InChI=1S/C16H10Br2FN5O3/c17-9-3-8(6-20-7-9)14(25)5-13-15(24-27-23-13)16(22-26)21-10-1-2-12(19)11(18)4-10/h1-4,6-7,26H,5H2,(H,21,22). The zero-order valence-electron chi connectivity index (χ0n) is 13.4. The molecule has 0 aliphatic rings. The largest absolute Gasteiger partial charge is 0.294 e. The van der Waals surface area contributed by atoms with E-state index in [1.807, 2.05) is 5.48 Å². The van der Waals surface area contributed by atoms with Gasteiger partial charge in [-0.2, -0.15) is 0 Å². The normalized spacial score (nSPS) is 11.5. The molecule has 0 spiro atoms. The van der Waals surface area contributed by atoms with Crippen molar-refractivity contribution in [2.24, 2.45) is 4.99 Å². The van der Waals surface area contributed by atoms with Crippen molar-refractivity contribution in [2.45, 2.75) is 6.42 Å². The van der Waals surface area contributed by atoms with Gasteiger partial charge in [0.15, 0.2) is 17.3 Å². The van der Waals surface area contributed by atoms with E-state index in [1.165, 1.54) is 24.4 Å². The van der Waals surface area contributed by atoms with Gasteiger partial charge in [-0.3, -0.25) is 20.5 Å². The Labute approximate surface area is 168 Å². The van der Waals surface area contributed by atoms with Gasteiger partial charge in [-0.15, -0.1) is 0 Å². The molecule has 0 aliphatic heterocycles. The van der Waals surface area contributed by atoms with Gasteiger partial charge >= 0.3 is 0 Å². The molecule has 3 rings (SSSR count). The Balaban J connectivity index is 1.89. The number of amidine groups is 1. The van der Waals surface area contributed by atoms with Crippen LogP contribution in [0.3, 0.4) is 0 Å². The van der Waals surface area contributed by atoms with Crippen LogP contribution in [-0.2, 0) is 6.42 Å². The first-order valence-electron chi connectivity index (χ1n) is 7.37. The van der Waals surface area contributed by atoms with E-state index < -0.39 is 5.82 Å². The van der Waals surface area contributed by atoms with E-state index in [9.17, 15) is 14.4 Å². The lowest BCUT2D eigenvalue weighted by Gasteiger charge is -2.04. The molecule has 0 fully saturated rings. The molecule has 2 aromatic heterocycles. The number of nitrogens with one attached hydrogen (secondary N) is 1. The summed E-state index contributed by atoms with van der Waals surface area (Å²) in [6.07, 6.45) is 2.83. The summed E-state index contributed by atoms with van der Waals surface area (Å²) in [5, 5.41) is 16.8. The van der Waals surface area contributed by atoms with Gasteiger partial charge in [-0.25, -0.2) is 14.0 Å². The van der Waals surface area contributed by atoms with Crippen molar-refractivity contribution < 1.29 is 19.0 Å². The summed E-state index contributed by atoms with van der Waals surface area (Å²) in [6.45, 7) is 0. The van der Waals surface area contributed by atoms with E-state index in [2.05, 4.69) is 52.1 Å². The fourth-order valence-corrected chi connectivity index (χ4v) is 2.87. The van der Waals surface area contributed by atoms with Crippen molar-refractivity contribution in [1.29, 1.82) is 0 Å². The van der Waals surface area contributed by atoms with Gasteiger partial charge in [0.05, 0.1) is 16.6 Å². The summed E-state index contributed by atoms with van der Waals surface area (Å²) in [6, 6.07) is 5.66. The molecule has 11 heteroatoms. The summed E-state index contributed by atoms with van der Waals surface area (Å²) in [7, 11) is 0. The maximum absolute atomic E-state index is 13.3. The number of rotatable bonds is 5. The summed E-state index contributed by atoms with van der Waals surface area (Å²) in [5.41, 5.74) is 2.82. The molecule has 0 aliphatic carbocycles. The summed E-state index contributed by atoms with van der Waals surface area (Å²) in [4.78, 5) is 20.5. The molecule has 2 heterocycles. The number of hydroxylamine groups is 1. The Morgan fingerprint density at radius 1 is 1.26 bits per heavy atom. The van der Waals surface area contributed by atoms with E-state index in [4.69, 9.17) is 4.63 Å². The lowest BCUT2D eigenvalue weighted by molar-refractivity contribution is 0.0990. The molecule has 138 valence electrons. The molecule has 27 heavy (non-hydrogen) atoms. The van der Waals surface area contributed by atoms with Gasteiger partial charge in [0.2, 0.25) is 0 Å². The number of pyridine rings is 1. The molecule has 3 aromatic rings. The van der Waals surface area contributed by atoms with Crippen LogP contribution in [0.4, 0.5) is 10.1 Å². The second kappa shape index (κ2) is 8.46. The van der Waals surface area contributed by atoms with E-state index >= 15 is 0 Å². The fourth-order valence-electron chi connectivity index (χ4n) is 2.14. The van der Waals surface area contributed by atoms with Crippen molar-refractivity contribution in [3.05, 3.63) is 68.4 Å². The van der Waals surface area contributed by atoms with Crippen LogP contribution in [0.2, 0.25) is 0 Å². The van der Waals surface area contributed by atoms with Gasteiger partial charge in [0.25, 0.3) is 0 Å². The van der Waals surface area contributed by atoms with Crippen LogP contribution in [0.25, 0.3) is 0 Å². The maximum atomic E-state index is 13.3. The van der Waals surface area contributed by atoms with E-state index in [0.717, 1.165) is 0 Å². The number of hydrogen-bond acceptors (Lipinski definition) is 7. The predicted molar refractivity (Wildman–Crippen MR) is 99.5 cm³/mol. The second-order valence-electron chi connectivity index (χ2n) is 5.22. The third-order valence-corrected chi connectivity index (χ3v) is 4.43. The zero-order chi connectivity index (χ0) is 19.4. The third kappa shape index (κ3) is 4.62. The highest BCUT2D eigenvalue weighted by atomic mass is 79.9. The van der Waals surface area contributed by atoms with Crippen LogP contribution < -0.4 is 5.48 Å². The van der Waals surface area contributed by atoms with Gasteiger partial charge in [-0.05, 0) is 61.3 Å². The molecular weight excluding hydrogens is 489 g/mol. The highest BCUT2D eigenvalue weighted by Crippen LogP contribution is 2.23. The lowest BCUT2D eigenvalue weighted by atomic mass is 10.1. The lowest BCUT2D eigenvalue weighted by Crippen LogP contribution is -2.22. The average molecular weight is 499 g/mol. The van der Waals surface area contributed by atoms with E-state index in [1.54, 1.807) is 12.3 Å². The van der Waals surface area contributed by atoms with Crippen LogP contribution in [0.5, 0.6) is 0 Å². The molecular formula is C16H10Br2FN5O3. The number of nitrogens with zero attached hydrogens (tertiary/aromatic N) is 4. The molecule has 1 aromatic carbocycles. The number of halogens is 3. The van der Waals surface area contributed by atoms with E-state index in [0.29, 0.717) is 15.7 Å². The molecule has 0 radical (unpaired) electrons. The Bertz CT molecular complexity index is 1020. The Kier molecular flexibility index (Phi) is 6.04. The number of hydrogen-bond donors (Lipinski definition) is 2. The maximum Gasteiger partial charge on any atom is 0.182 e. The van der Waals surface area contributed by atoms with Crippen LogP contribution in [-0.4, -0.2) is 32.1 Å². The van der Waals surface area contributed by atoms with Crippen molar-refractivity contribution in [1.82, 2.24) is 20.8 Å².